The summed E-state index contributed by atoms with van der Waals surface area (Å²) in [5, 5.41) is 9.75. The third kappa shape index (κ3) is 1.39. The van der Waals surface area contributed by atoms with E-state index < -0.39 is 0 Å². The fourth-order valence-electron chi connectivity index (χ4n) is 0.734. The molecule has 1 aliphatic heterocycles. The summed E-state index contributed by atoms with van der Waals surface area (Å²) in [7, 11) is 0. The predicted molar refractivity (Wildman–Crippen MR) is 35.2 cm³/mol. The molecule has 1 aliphatic rings. The Labute approximate surface area is 59.4 Å². The number of nitriles is 1. The molecular formula is C6H9N3O. The van der Waals surface area contributed by atoms with Gasteiger partial charge in [0.05, 0.1) is 25.6 Å². The first kappa shape index (κ1) is 6.90. The Morgan fingerprint density at radius 3 is 3.20 bits per heavy atom. The molecule has 54 valence electrons. The standard InChI is InChI=1S/C6H9N3O/c7-3-1-4-9-6(8)2-5-10-9/h2H,1,4-5,8H2. The van der Waals surface area contributed by atoms with Crippen molar-refractivity contribution in [2.24, 2.45) is 5.73 Å². The maximum absolute atomic E-state index is 8.22. The highest BCUT2D eigenvalue weighted by Gasteiger charge is 2.10. The van der Waals surface area contributed by atoms with Gasteiger partial charge in [-0.15, -0.1) is 0 Å². The Kier molecular flexibility index (Phi) is 2.13. The molecule has 0 aromatic heterocycles. The minimum Gasteiger partial charge on any atom is -0.384 e. The lowest BCUT2D eigenvalue weighted by atomic mass is 10.4. The van der Waals surface area contributed by atoms with Crippen LogP contribution in [0.2, 0.25) is 0 Å². The molecule has 1 heterocycles. The summed E-state index contributed by atoms with van der Waals surface area (Å²) in [5.41, 5.74) is 5.47. The summed E-state index contributed by atoms with van der Waals surface area (Å²) >= 11 is 0. The summed E-state index contributed by atoms with van der Waals surface area (Å²) in [6.45, 7) is 1.08. The molecule has 0 amide bonds. The van der Waals surface area contributed by atoms with Gasteiger partial charge in [-0.05, 0) is 6.08 Å². The first-order chi connectivity index (χ1) is 4.84. The van der Waals surface area contributed by atoms with Gasteiger partial charge in [0.25, 0.3) is 0 Å². The molecule has 2 N–H and O–H groups in total. The van der Waals surface area contributed by atoms with Crippen LogP contribution in [0.15, 0.2) is 11.9 Å². The molecule has 0 fully saturated rings. The van der Waals surface area contributed by atoms with E-state index in [4.69, 9.17) is 15.8 Å². The molecule has 0 bridgehead atoms. The van der Waals surface area contributed by atoms with Gasteiger partial charge in [0.2, 0.25) is 0 Å². The monoisotopic (exact) mass is 139 g/mol. The van der Waals surface area contributed by atoms with E-state index in [0.29, 0.717) is 25.4 Å². The minimum absolute atomic E-state index is 0.439. The summed E-state index contributed by atoms with van der Waals surface area (Å²) in [6, 6.07) is 2.01. The Morgan fingerprint density at radius 1 is 1.90 bits per heavy atom. The molecule has 4 nitrogen and oxygen atoms in total. The molecule has 0 radical (unpaired) electrons. The van der Waals surface area contributed by atoms with Gasteiger partial charge in [0, 0.05) is 0 Å². The molecular weight excluding hydrogens is 130 g/mol. The van der Waals surface area contributed by atoms with Gasteiger partial charge in [-0.1, -0.05) is 0 Å². The number of hydrogen-bond acceptors (Lipinski definition) is 4. The molecule has 10 heavy (non-hydrogen) atoms. The highest BCUT2D eigenvalue weighted by Crippen LogP contribution is 2.06. The van der Waals surface area contributed by atoms with E-state index in [-0.39, 0.29) is 0 Å². The largest absolute Gasteiger partial charge is 0.384 e. The van der Waals surface area contributed by atoms with Crippen molar-refractivity contribution in [3.8, 4) is 6.07 Å². The van der Waals surface area contributed by atoms with Crippen molar-refractivity contribution >= 4 is 0 Å². The van der Waals surface area contributed by atoms with E-state index in [9.17, 15) is 0 Å². The lowest BCUT2D eigenvalue weighted by Crippen LogP contribution is -2.23. The van der Waals surface area contributed by atoms with Crippen molar-refractivity contribution in [2.75, 3.05) is 13.2 Å². The highest BCUT2D eigenvalue weighted by molar-refractivity contribution is 4.97. The van der Waals surface area contributed by atoms with Crippen LogP contribution in [-0.2, 0) is 4.84 Å². The molecule has 0 saturated heterocycles. The molecule has 0 aromatic carbocycles. The van der Waals surface area contributed by atoms with Crippen LogP contribution in [0.4, 0.5) is 0 Å². The zero-order valence-corrected chi connectivity index (χ0v) is 5.58. The first-order valence-corrected chi connectivity index (χ1v) is 3.07. The lowest BCUT2D eigenvalue weighted by Gasteiger charge is -2.15. The van der Waals surface area contributed by atoms with Crippen molar-refractivity contribution in [3.63, 3.8) is 0 Å². The molecule has 0 unspecified atom stereocenters. The molecule has 0 atom stereocenters. The van der Waals surface area contributed by atoms with Gasteiger partial charge in [-0.3, -0.25) is 4.84 Å². The second-order valence-electron chi connectivity index (χ2n) is 1.93. The van der Waals surface area contributed by atoms with Crippen molar-refractivity contribution in [1.29, 1.82) is 5.26 Å². The van der Waals surface area contributed by atoms with Crippen molar-refractivity contribution in [1.82, 2.24) is 5.06 Å². The third-order valence-electron chi connectivity index (χ3n) is 1.24. The average Bonchev–Trinajstić information content (AvgIpc) is 2.31. The zero-order chi connectivity index (χ0) is 7.40. The van der Waals surface area contributed by atoms with Crippen LogP contribution in [0.5, 0.6) is 0 Å². The predicted octanol–water partition coefficient (Wildman–Crippen LogP) is -0.0526. The Balaban J connectivity index is 2.30. The van der Waals surface area contributed by atoms with E-state index in [1.807, 2.05) is 6.07 Å². The van der Waals surface area contributed by atoms with Crippen LogP contribution in [0.1, 0.15) is 6.42 Å². The summed E-state index contributed by atoms with van der Waals surface area (Å²) < 4.78 is 0. The number of rotatable bonds is 2. The van der Waals surface area contributed by atoms with E-state index >= 15 is 0 Å². The fourth-order valence-corrected chi connectivity index (χ4v) is 0.734. The smallest absolute Gasteiger partial charge is 0.122 e. The van der Waals surface area contributed by atoms with Crippen LogP contribution in [0.3, 0.4) is 0 Å². The SMILES string of the molecule is N#CCCN1OCC=C1N. The van der Waals surface area contributed by atoms with Gasteiger partial charge in [-0.25, -0.2) is 5.06 Å². The van der Waals surface area contributed by atoms with E-state index in [2.05, 4.69) is 0 Å². The number of nitrogens with zero attached hydrogens (tertiary/aromatic N) is 2. The van der Waals surface area contributed by atoms with Gasteiger partial charge >= 0.3 is 0 Å². The molecule has 0 aromatic rings. The van der Waals surface area contributed by atoms with Gasteiger partial charge in [-0.2, -0.15) is 5.26 Å². The van der Waals surface area contributed by atoms with Crippen LogP contribution >= 0.6 is 0 Å². The topological polar surface area (TPSA) is 62.3 Å². The highest BCUT2D eigenvalue weighted by atomic mass is 16.7. The second-order valence-corrected chi connectivity index (χ2v) is 1.93. The fraction of sp³-hybridized carbons (Fsp3) is 0.500. The number of nitrogens with two attached hydrogens (primary N) is 1. The zero-order valence-electron chi connectivity index (χ0n) is 5.58. The minimum atomic E-state index is 0.439. The third-order valence-corrected chi connectivity index (χ3v) is 1.24. The van der Waals surface area contributed by atoms with Crippen LogP contribution in [0.25, 0.3) is 0 Å². The quantitative estimate of drug-likeness (QED) is 0.582. The van der Waals surface area contributed by atoms with Crippen molar-refractivity contribution < 1.29 is 4.84 Å². The summed E-state index contributed by atoms with van der Waals surface area (Å²) in [4.78, 5) is 5.03. The van der Waals surface area contributed by atoms with E-state index in [1.165, 1.54) is 5.06 Å². The molecule has 0 saturated carbocycles. The number of hydrogen-bond donors (Lipinski definition) is 1. The maximum Gasteiger partial charge on any atom is 0.122 e. The lowest BCUT2D eigenvalue weighted by molar-refractivity contribution is -0.0987. The van der Waals surface area contributed by atoms with Crippen LogP contribution < -0.4 is 5.73 Å². The normalized spacial score (nSPS) is 16.7. The molecule has 0 spiro atoms. The van der Waals surface area contributed by atoms with Crippen molar-refractivity contribution in [2.45, 2.75) is 6.42 Å². The Bertz CT molecular complexity index is 182. The Morgan fingerprint density at radius 2 is 2.70 bits per heavy atom. The average molecular weight is 139 g/mol. The second kappa shape index (κ2) is 3.08. The molecule has 0 aliphatic carbocycles. The summed E-state index contributed by atoms with van der Waals surface area (Å²) in [5.74, 6) is 0.607. The summed E-state index contributed by atoms with van der Waals surface area (Å²) in [6.07, 6.45) is 2.21. The van der Waals surface area contributed by atoms with Gasteiger partial charge in [0.1, 0.15) is 5.82 Å². The van der Waals surface area contributed by atoms with E-state index in [1.54, 1.807) is 6.08 Å². The molecule has 1 rings (SSSR count). The van der Waals surface area contributed by atoms with Gasteiger partial charge in [0.15, 0.2) is 0 Å². The van der Waals surface area contributed by atoms with Crippen LogP contribution in [-0.4, -0.2) is 18.2 Å². The van der Waals surface area contributed by atoms with E-state index in [0.717, 1.165) is 0 Å². The first-order valence-electron chi connectivity index (χ1n) is 3.07. The number of hydroxylamine groups is 2. The van der Waals surface area contributed by atoms with Crippen molar-refractivity contribution in [3.05, 3.63) is 11.9 Å². The Hall–Kier alpha value is -1.21. The van der Waals surface area contributed by atoms with Crippen LogP contribution in [0, 0.1) is 11.3 Å². The maximum atomic E-state index is 8.22. The van der Waals surface area contributed by atoms with Gasteiger partial charge < -0.3 is 5.73 Å². The molecule has 4 heteroatoms.